The fourth-order valence-corrected chi connectivity index (χ4v) is 4.38. The molecule has 2 aromatic heterocycles. The van der Waals surface area contributed by atoms with Gasteiger partial charge in [0.05, 0.1) is 11.9 Å². The average Bonchev–Trinajstić information content (AvgIpc) is 2.84. The van der Waals surface area contributed by atoms with Gasteiger partial charge in [0, 0.05) is 48.5 Å². The van der Waals surface area contributed by atoms with Crippen molar-refractivity contribution in [3.63, 3.8) is 0 Å². The topological polar surface area (TPSA) is 111 Å². The lowest BCUT2D eigenvalue weighted by atomic mass is 9.99. The number of carbonyl (C=O) groups excluding carboxylic acids is 1. The molecule has 0 saturated carbocycles. The summed E-state index contributed by atoms with van der Waals surface area (Å²) in [5, 5.41) is 11.4. The molecule has 1 aliphatic heterocycles. The van der Waals surface area contributed by atoms with E-state index < -0.39 is 5.91 Å². The Hall–Kier alpha value is -3.62. The predicted molar refractivity (Wildman–Crippen MR) is 140 cm³/mol. The molecule has 4 N–H and O–H groups in total. The van der Waals surface area contributed by atoms with Crippen LogP contribution in [0, 0.1) is 5.41 Å². The van der Waals surface area contributed by atoms with Crippen molar-refractivity contribution in [1.29, 1.82) is 5.41 Å². The van der Waals surface area contributed by atoms with Gasteiger partial charge in [0.1, 0.15) is 5.71 Å². The van der Waals surface area contributed by atoms with Gasteiger partial charge in [-0.05, 0) is 81.0 Å². The van der Waals surface area contributed by atoms with E-state index in [0.717, 1.165) is 48.4 Å². The van der Waals surface area contributed by atoms with E-state index in [4.69, 9.17) is 11.1 Å². The third-order valence-electron chi connectivity index (χ3n) is 6.08. The highest BCUT2D eigenvalue weighted by atomic mass is 16.1. The van der Waals surface area contributed by atoms with Crippen LogP contribution in [0.3, 0.4) is 0 Å². The molecule has 0 unspecified atom stereocenters. The Morgan fingerprint density at radius 3 is 2.51 bits per heavy atom. The van der Waals surface area contributed by atoms with Gasteiger partial charge >= 0.3 is 0 Å². The molecule has 8 heteroatoms. The van der Waals surface area contributed by atoms with Gasteiger partial charge in [-0.15, -0.1) is 0 Å². The second kappa shape index (κ2) is 11.2. The van der Waals surface area contributed by atoms with E-state index in [9.17, 15) is 4.79 Å². The number of hydrogen-bond donors (Lipinski definition) is 3. The maximum absolute atomic E-state index is 12.9. The summed E-state index contributed by atoms with van der Waals surface area (Å²) in [6.45, 7) is 3.75. The number of nitrogens with one attached hydrogen (secondary N) is 2. The summed E-state index contributed by atoms with van der Waals surface area (Å²) < 4.78 is 0. The number of pyridine rings is 2. The number of hydrogen-bond acceptors (Lipinski definition) is 7. The van der Waals surface area contributed by atoms with Crippen LogP contribution in [0.15, 0.2) is 55.1 Å². The van der Waals surface area contributed by atoms with E-state index in [-0.39, 0.29) is 5.71 Å². The molecular formula is C27H33N7O. The number of nitrogens with zero attached hydrogens (tertiary/aromatic N) is 4. The number of nitrogen functional groups attached to an aromatic ring is 1. The van der Waals surface area contributed by atoms with E-state index in [2.05, 4.69) is 31.2 Å². The van der Waals surface area contributed by atoms with Crippen molar-refractivity contribution < 1.29 is 4.79 Å². The first-order chi connectivity index (χ1) is 16.9. The van der Waals surface area contributed by atoms with Crippen molar-refractivity contribution in [2.45, 2.75) is 32.4 Å². The maximum Gasteiger partial charge on any atom is 0.274 e. The molecule has 1 fully saturated rings. The highest BCUT2D eigenvalue weighted by Crippen LogP contribution is 2.25. The van der Waals surface area contributed by atoms with Crippen LogP contribution >= 0.6 is 0 Å². The Morgan fingerprint density at radius 2 is 1.74 bits per heavy atom. The predicted octanol–water partition coefficient (Wildman–Crippen LogP) is 3.78. The van der Waals surface area contributed by atoms with Gasteiger partial charge < -0.3 is 16.0 Å². The number of nitrogens with two attached hydrogens (primary N) is 1. The zero-order valence-corrected chi connectivity index (χ0v) is 20.4. The van der Waals surface area contributed by atoms with Crippen LogP contribution in [0.1, 0.15) is 36.0 Å². The van der Waals surface area contributed by atoms with Gasteiger partial charge in [-0.1, -0.05) is 12.5 Å². The lowest BCUT2D eigenvalue weighted by Crippen LogP contribution is -2.29. The zero-order valence-electron chi connectivity index (χ0n) is 20.4. The molecule has 0 atom stereocenters. The number of benzene rings is 1. The largest absolute Gasteiger partial charge is 0.398 e. The van der Waals surface area contributed by atoms with Crippen LogP contribution in [-0.4, -0.2) is 58.6 Å². The lowest BCUT2D eigenvalue weighted by molar-refractivity contribution is -0.110. The summed E-state index contributed by atoms with van der Waals surface area (Å²) in [5.41, 5.74) is 11.2. The van der Waals surface area contributed by atoms with Crippen molar-refractivity contribution in [3.8, 4) is 11.1 Å². The SMILES string of the molecule is CN(C)Cc1cncc(-c2ccc(N)c(C(=N)C(=O)Nc3cncc(CN4CCCCC4)c3)c2)c1. The van der Waals surface area contributed by atoms with E-state index in [1.54, 1.807) is 24.5 Å². The van der Waals surface area contributed by atoms with Crippen LogP contribution in [0.25, 0.3) is 11.1 Å². The van der Waals surface area contributed by atoms with Gasteiger partial charge in [-0.25, -0.2) is 0 Å². The monoisotopic (exact) mass is 471 g/mol. The minimum atomic E-state index is -0.523. The third kappa shape index (κ3) is 6.49. The standard InChI is InChI=1S/C27H33N7O/c1-33(2)17-19-10-22(15-30-13-19)21-6-7-25(28)24(12-21)26(29)27(35)32-23-11-20(14-31-16-23)18-34-8-4-3-5-9-34/h6-7,10-16,29H,3-5,8-9,17-18,28H2,1-2H3,(H,32,35). The Bertz CT molecular complexity index is 1200. The molecule has 0 radical (unpaired) electrons. The van der Waals surface area contributed by atoms with Crippen LogP contribution < -0.4 is 11.1 Å². The minimum Gasteiger partial charge on any atom is -0.398 e. The van der Waals surface area contributed by atoms with Crippen LogP contribution in [0.5, 0.6) is 0 Å². The van der Waals surface area contributed by atoms with Crippen LogP contribution in [0.4, 0.5) is 11.4 Å². The highest BCUT2D eigenvalue weighted by Gasteiger charge is 2.17. The maximum atomic E-state index is 12.9. The van der Waals surface area contributed by atoms with E-state index in [1.165, 1.54) is 19.3 Å². The van der Waals surface area contributed by atoms with E-state index in [1.807, 2.05) is 38.6 Å². The quantitative estimate of drug-likeness (QED) is 0.341. The van der Waals surface area contributed by atoms with Gasteiger partial charge in [-0.3, -0.25) is 25.1 Å². The first-order valence-corrected chi connectivity index (χ1v) is 11.9. The smallest absolute Gasteiger partial charge is 0.274 e. The summed E-state index contributed by atoms with van der Waals surface area (Å²) in [7, 11) is 4.01. The van der Waals surface area contributed by atoms with Crippen molar-refractivity contribution in [1.82, 2.24) is 19.8 Å². The number of aromatic nitrogens is 2. The highest BCUT2D eigenvalue weighted by molar-refractivity contribution is 6.48. The summed E-state index contributed by atoms with van der Waals surface area (Å²) in [4.78, 5) is 26.1. The fourth-order valence-electron chi connectivity index (χ4n) is 4.38. The molecule has 4 rings (SSSR count). The first-order valence-electron chi connectivity index (χ1n) is 11.9. The van der Waals surface area contributed by atoms with E-state index >= 15 is 0 Å². The van der Waals surface area contributed by atoms with Gasteiger partial charge in [0.2, 0.25) is 0 Å². The lowest BCUT2D eigenvalue weighted by Gasteiger charge is -2.26. The minimum absolute atomic E-state index is 0.191. The van der Waals surface area contributed by atoms with Crippen molar-refractivity contribution in [3.05, 3.63) is 71.8 Å². The number of likely N-dealkylation sites (tertiary alicyclic amines) is 1. The molecular weight excluding hydrogens is 438 g/mol. The molecule has 35 heavy (non-hydrogen) atoms. The Labute approximate surface area is 206 Å². The molecule has 182 valence electrons. The average molecular weight is 472 g/mol. The third-order valence-corrected chi connectivity index (χ3v) is 6.08. The molecule has 3 heterocycles. The molecule has 1 aromatic carbocycles. The van der Waals surface area contributed by atoms with Crippen molar-refractivity contribution in [2.75, 3.05) is 38.2 Å². The number of anilines is 2. The first kappa shape index (κ1) is 24.5. The van der Waals surface area contributed by atoms with Crippen LogP contribution in [0.2, 0.25) is 0 Å². The second-order valence-electron chi connectivity index (χ2n) is 9.37. The number of piperidine rings is 1. The molecule has 1 saturated heterocycles. The fraction of sp³-hybridized carbons (Fsp3) is 0.333. The number of rotatable bonds is 8. The summed E-state index contributed by atoms with van der Waals surface area (Å²) in [6, 6.07) is 9.37. The second-order valence-corrected chi connectivity index (χ2v) is 9.37. The summed E-state index contributed by atoms with van der Waals surface area (Å²) in [5.74, 6) is -0.523. The van der Waals surface area contributed by atoms with Crippen molar-refractivity contribution in [2.24, 2.45) is 0 Å². The van der Waals surface area contributed by atoms with Gasteiger partial charge in [0.25, 0.3) is 5.91 Å². The molecule has 0 spiro atoms. The van der Waals surface area contributed by atoms with Crippen LogP contribution in [-0.2, 0) is 17.9 Å². The molecule has 0 bridgehead atoms. The number of amides is 1. The van der Waals surface area contributed by atoms with E-state index in [0.29, 0.717) is 16.9 Å². The molecule has 0 aliphatic carbocycles. The Morgan fingerprint density at radius 1 is 1.00 bits per heavy atom. The molecule has 1 amide bonds. The summed E-state index contributed by atoms with van der Waals surface area (Å²) >= 11 is 0. The molecule has 1 aliphatic rings. The molecule has 3 aromatic rings. The Kier molecular flexibility index (Phi) is 7.84. The summed E-state index contributed by atoms with van der Waals surface area (Å²) in [6.07, 6.45) is 10.8. The number of carbonyl (C=O) groups is 1. The van der Waals surface area contributed by atoms with Crippen molar-refractivity contribution >= 4 is 23.0 Å². The van der Waals surface area contributed by atoms with Gasteiger partial charge in [-0.2, -0.15) is 0 Å². The van der Waals surface area contributed by atoms with Gasteiger partial charge in [0.15, 0.2) is 0 Å². The molecule has 8 nitrogen and oxygen atoms in total. The Balaban J connectivity index is 1.48. The normalized spacial score (nSPS) is 14.1. The zero-order chi connectivity index (χ0) is 24.8.